The highest BCUT2D eigenvalue weighted by atomic mass is 35.5. The Bertz CT molecular complexity index is 883. The first-order chi connectivity index (χ1) is 12.2. The Labute approximate surface area is 158 Å². The summed E-state index contributed by atoms with van der Waals surface area (Å²) in [5.41, 5.74) is 1.55. The van der Waals surface area contributed by atoms with Crippen LogP contribution in [0.4, 0.5) is 0 Å². The van der Waals surface area contributed by atoms with Crippen molar-refractivity contribution in [2.24, 2.45) is 0 Å². The van der Waals surface area contributed by atoms with Crippen molar-refractivity contribution >= 4 is 27.5 Å². The fourth-order valence-corrected chi connectivity index (χ4v) is 3.73. The minimum absolute atomic E-state index is 0.0770. The summed E-state index contributed by atoms with van der Waals surface area (Å²) in [5.74, 6) is 0.173. The van der Waals surface area contributed by atoms with Crippen molar-refractivity contribution in [3.8, 4) is 5.75 Å². The van der Waals surface area contributed by atoms with Crippen molar-refractivity contribution in [1.82, 2.24) is 10.0 Å². The van der Waals surface area contributed by atoms with E-state index in [9.17, 15) is 13.2 Å². The number of aryl methyl sites for hydroxylation is 1. The first-order valence-corrected chi connectivity index (χ1v) is 9.78. The molecule has 1 atom stereocenters. The van der Waals surface area contributed by atoms with Crippen LogP contribution in [0.15, 0.2) is 47.4 Å². The summed E-state index contributed by atoms with van der Waals surface area (Å²) in [5, 5.41) is 3.30. The molecule has 2 aromatic rings. The Morgan fingerprint density at radius 3 is 2.42 bits per heavy atom. The predicted octanol–water partition coefficient (Wildman–Crippen LogP) is 2.64. The van der Waals surface area contributed by atoms with Crippen LogP contribution in [0.5, 0.6) is 5.75 Å². The van der Waals surface area contributed by atoms with Crippen LogP contribution in [0.25, 0.3) is 0 Å². The molecule has 0 aliphatic rings. The van der Waals surface area contributed by atoms with E-state index in [1.54, 1.807) is 37.3 Å². The lowest BCUT2D eigenvalue weighted by atomic mass is 10.2. The summed E-state index contributed by atoms with van der Waals surface area (Å²) < 4.78 is 32.4. The molecule has 0 heterocycles. The molecular formula is C18H21ClN2O4S. The van der Waals surface area contributed by atoms with Crippen LogP contribution >= 0.6 is 11.6 Å². The lowest BCUT2D eigenvalue weighted by Gasteiger charge is -2.15. The molecule has 0 aromatic heterocycles. The molecule has 2 aromatic carbocycles. The van der Waals surface area contributed by atoms with Crippen molar-refractivity contribution in [3.63, 3.8) is 0 Å². The molecule has 0 aliphatic heterocycles. The second-order valence-corrected chi connectivity index (χ2v) is 7.97. The van der Waals surface area contributed by atoms with Gasteiger partial charge in [0.15, 0.2) is 0 Å². The second-order valence-electron chi connectivity index (χ2n) is 5.82. The molecular weight excluding hydrogens is 376 g/mol. The highest BCUT2D eigenvalue weighted by Gasteiger charge is 2.22. The number of sulfonamides is 1. The monoisotopic (exact) mass is 396 g/mol. The fraction of sp³-hybridized carbons (Fsp3) is 0.278. The third-order valence-electron chi connectivity index (χ3n) is 3.78. The van der Waals surface area contributed by atoms with Gasteiger partial charge >= 0.3 is 0 Å². The number of methoxy groups -OCH3 is 1. The molecule has 0 radical (unpaired) electrons. The van der Waals surface area contributed by atoms with Crippen molar-refractivity contribution in [2.75, 3.05) is 7.11 Å². The van der Waals surface area contributed by atoms with E-state index in [-0.39, 0.29) is 11.4 Å². The van der Waals surface area contributed by atoms with E-state index in [1.165, 1.54) is 26.2 Å². The third-order valence-corrected chi connectivity index (χ3v) is 5.57. The largest absolute Gasteiger partial charge is 0.496 e. The average Bonchev–Trinajstić information content (AvgIpc) is 2.60. The standard InChI is InChI=1S/C18H21ClN2O4S/c1-12-10-16(8-9-17(12)25-3)26(23,24)21-13(2)18(22)20-11-14-4-6-15(19)7-5-14/h4-10,13,21H,11H2,1-3H3,(H,20,22)/t13-/m0/s1. The minimum Gasteiger partial charge on any atom is -0.496 e. The van der Waals surface area contributed by atoms with Crippen LogP contribution in [0.3, 0.4) is 0 Å². The lowest BCUT2D eigenvalue weighted by molar-refractivity contribution is -0.122. The maximum Gasteiger partial charge on any atom is 0.241 e. The summed E-state index contributed by atoms with van der Waals surface area (Å²) in [6.07, 6.45) is 0. The van der Waals surface area contributed by atoms with E-state index in [0.29, 0.717) is 16.3 Å². The Morgan fingerprint density at radius 2 is 1.85 bits per heavy atom. The molecule has 2 rings (SSSR count). The molecule has 1 amide bonds. The summed E-state index contributed by atoms with van der Waals surface area (Å²) in [6, 6.07) is 10.6. The zero-order valence-electron chi connectivity index (χ0n) is 14.7. The van der Waals surface area contributed by atoms with Gasteiger partial charge in [-0.1, -0.05) is 23.7 Å². The van der Waals surface area contributed by atoms with E-state index < -0.39 is 22.0 Å². The summed E-state index contributed by atoms with van der Waals surface area (Å²) in [7, 11) is -2.31. The van der Waals surface area contributed by atoms with Gasteiger partial charge in [-0.25, -0.2) is 8.42 Å². The molecule has 0 spiro atoms. The number of carbonyl (C=O) groups is 1. The van der Waals surface area contributed by atoms with Crippen LogP contribution in [-0.2, 0) is 21.4 Å². The fourth-order valence-electron chi connectivity index (χ4n) is 2.32. The molecule has 140 valence electrons. The minimum atomic E-state index is -3.82. The maximum atomic E-state index is 12.5. The third kappa shape index (κ3) is 5.20. The molecule has 0 saturated carbocycles. The van der Waals surface area contributed by atoms with E-state index >= 15 is 0 Å². The number of halogens is 1. The summed E-state index contributed by atoms with van der Waals surface area (Å²) in [6.45, 7) is 3.52. The van der Waals surface area contributed by atoms with Gasteiger partial charge < -0.3 is 10.1 Å². The summed E-state index contributed by atoms with van der Waals surface area (Å²) >= 11 is 5.81. The van der Waals surface area contributed by atoms with E-state index in [2.05, 4.69) is 10.0 Å². The highest BCUT2D eigenvalue weighted by molar-refractivity contribution is 7.89. The molecule has 0 bridgehead atoms. The molecule has 0 aliphatic carbocycles. The van der Waals surface area contributed by atoms with Gasteiger partial charge in [-0.15, -0.1) is 0 Å². The number of benzene rings is 2. The van der Waals surface area contributed by atoms with Gasteiger partial charge in [-0.2, -0.15) is 4.72 Å². The number of ether oxygens (including phenoxy) is 1. The van der Waals surface area contributed by atoms with Gasteiger partial charge in [0.25, 0.3) is 0 Å². The van der Waals surface area contributed by atoms with Gasteiger partial charge in [0.2, 0.25) is 15.9 Å². The Hall–Kier alpha value is -2.09. The van der Waals surface area contributed by atoms with Gasteiger partial charge in [0, 0.05) is 11.6 Å². The van der Waals surface area contributed by atoms with Crippen molar-refractivity contribution < 1.29 is 17.9 Å². The van der Waals surface area contributed by atoms with E-state index in [1.807, 2.05) is 0 Å². The quantitative estimate of drug-likeness (QED) is 0.753. The Balaban J connectivity index is 2.00. The van der Waals surface area contributed by atoms with Gasteiger partial charge in [-0.3, -0.25) is 4.79 Å². The number of nitrogens with one attached hydrogen (secondary N) is 2. The molecule has 6 nitrogen and oxygen atoms in total. The van der Waals surface area contributed by atoms with Crippen molar-refractivity contribution in [3.05, 3.63) is 58.6 Å². The molecule has 26 heavy (non-hydrogen) atoms. The normalized spacial score (nSPS) is 12.5. The zero-order valence-corrected chi connectivity index (χ0v) is 16.3. The smallest absolute Gasteiger partial charge is 0.241 e. The zero-order chi connectivity index (χ0) is 19.3. The van der Waals surface area contributed by atoms with Gasteiger partial charge in [0.05, 0.1) is 18.0 Å². The van der Waals surface area contributed by atoms with Crippen LogP contribution in [0.2, 0.25) is 5.02 Å². The SMILES string of the molecule is COc1ccc(S(=O)(=O)N[C@@H](C)C(=O)NCc2ccc(Cl)cc2)cc1C. The first kappa shape index (κ1) is 20.2. The van der Waals surface area contributed by atoms with Crippen LogP contribution in [0.1, 0.15) is 18.1 Å². The molecule has 8 heteroatoms. The lowest BCUT2D eigenvalue weighted by Crippen LogP contribution is -2.44. The van der Waals surface area contributed by atoms with Crippen molar-refractivity contribution in [1.29, 1.82) is 0 Å². The molecule has 0 unspecified atom stereocenters. The molecule has 0 saturated heterocycles. The van der Waals surface area contributed by atoms with Gasteiger partial charge in [-0.05, 0) is 55.3 Å². The summed E-state index contributed by atoms with van der Waals surface area (Å²) in [4.78, 5) is 12.3. The van der Waals surface area contributed by atoms with E-state index in [4.69, 9.17) is 16.3 Å². The number of rotatable bonds is 7. The number of hydrogen-bond acceptors (Lipinski definition) is 4. The van der Waals surface area contributed by atoms with E-state index in [0.717, 1.165) is 5.56 Å². The second kappa shape index (κ2) is 8.53. The molecule has 2 N–H and O–H groups in total. The Kier molecular flexibility index (Phi) is 6.63. The van der Waals surface area contributed by atoms with Crippen molar-refractivity contribution in [2.45, 2.75) is 31.3 Å². The van der Waals surface area contributed by atoms with Crippen LogP contribution < -0.4 is 14.8 Å². The number of carbonyl (C=O) groups excluding carboxylic acids is 1. The average molecular weight is 397 g/mol. The Morgan fingerprint density at radius 1 is 1.19 bits per heavy atom. The topological polar surface area (TPSA) is 84.5 Å². The molecule has 0 fully saturated rings. The highest BCUT2D eigenvalue weighted by Crippen LogP contribution is 2.21. The number of amides is 1. The van der Waals surface area contributed by atoms with Gasteiger partial charge in [0.1, 0.15) is 5.75 Å². The van der Waals surface area contributed by atoms with Crippen LogP contribution in [-0.4, -0.2) is 27.5 Å². The number of hydrogen-bond donors (Lipinski definition) is 2. The van der Waals surface area contributed by atoms with Crippen LogP contribution in [0, 0.1) is 6.92 Å². The maximum absolute atomic E-state index is 12.5. The predicted molar refractivity (Wildman–Crippen MR) is 101 cm³/mol. The first-order valence-electron chi connectivity index (χ1n) is 7.92.